The van der Waals surface area contributed by atoms with Gasteiger partial charge in [0, 0.05) is 5.56 Å². The molecule has 0 amide bonds. The van der Waals surface area contributed by atoms with Gasteiger partial charge >= 0.3 is 0 Å². The second-order valence-electron chi connectivity index (χ2n) is 6.88. The molecule has 1 saturated carbocycles. The third-order valence-corrected chi connectivity index (χ3v) is 5.12. The zero-order valence-electron chi connectivity index (χ0n) is 13.8. The Morgan fingerprint density at radius 3 is 1.75 bits per heavy atom. The number of rotatable bonds is 2. The van der Waals surface area contributed by atoms with Gasteiger partial charge in [0.25, 0.3) is 0 Å². The lowest BCUT2D eigenvalue weighted by Crippen LogP contribution is -2.11. The van der Waals surface area contributed by atoms with Crippen molar-refractivity contribution < 1.29 is 17.6 Å². The maximum Gasteiger partial charge on any atom is 0.134 e. The number of benzene rings is 2. The molecule has 4 heteroatoms. The molecule has 3 rings (SSSR count). The molecule has 0 aliphatic heterocycles. The van der Waals surface area contributed by atoms with Gasteiger partial charge in [0.15, 0.2) is 0 Å². The van der Waals surface area contributed by atoms with Gasteiger partial charge in [-0.2, -0.15) is 0 Å². The summed E-state index contributed by atoms with van der Waals surface area (Å²) in [4.78, 5) is 0. The highest BCUT2D eigenvalue weighted by Crippen LogP contribution is 2.38. The van der Waals surface area contributed by atoms with Crippen LogP contribution in [0.25, 0.3) is 11.1 Å². The summed E-state index contributed by atoms with van der Waals surface area (Å²) in [5.74, 6) is -2.37. The molecule has 2 aromatic rings. The molecule has 0 saturated heterocycles. The standard InChI is InChI=1S/C20H20F4/c1-11-3-5-13(6-4-11)14-7-18(23)20(19(24)8-14)15-9-16(21)12(2)17(22)10-15/h7-11,13H,3-6H2,1-2H3. The fraction of sp³-hybridized carbons (Fsp3) is 0.400. The fourth-order valence-corrected chi connectivity index (χ4v) is 3.49. The predicted octanol–water partition coefficient (Wildman–Crippen LogP) is 6.51. The van der Waals surface area contributed by atoms with Gasteiger partial charge in [0.05, 0.1) is 5.56 Å². The van der Waals surface area contributed by atoms with Gasteiger partial charge in [-0.3, -0.25) is 0 Å². The number of hydrogen-bond donors (Lipinski definition) is 0. The molecule has 1 aliphatic carbocycles. The third kappa shape index (κ3) is 3.19. The largest absolute Gasteiger partial charge is 0.207 e. The molecule has 0 atom stereocenters. The van der Waals surface area contributed by atoms with E-state index < -0.39 is 23.3 Å². The predicted molar refractivity (Wildman–Crippen MR) is 86.8 cm³/mol. The minimum atomic E-state index is -0.811. The van der Waals surface area contributed by atoms with Crippen LogP contribution in [0.2, 0.25) is 0 Å². The summed E-state index contributed by atoms with van der Waals surface area (Å²) in [7, 11) is 0. The Labute approximate surface area is 139 Å². The zero-order chi connectivity index (χ0) is 17.4. The summed E-state index contributed by atoms with van der Waals surface area (Å²) in [6.45, 7) is 3.47. The molecule has 24 heavy (non-hydrogen) atoms. The Hall–Kier alpha value is -1.84. The van der Waals surface area contributed by atoms with E-state index in [1.165, 1.54) is 19.1 Å². The summed E-state index contributed by atoms with van der Waals surface area (Å²) < 4.78 is 56.4. The molecular formula is C20H20F4. The summed E-state index contributed by atoms with van der Waals surface area (Å²) in [5, 5.41) is 0. The van der Waals surface area contributed by atoms with Crippen molar-refractivity contribution in [3.63, 3.8) is 0 Å². The monoisotopic (exact) mass is 336 g/mol. The second-order valence-corrected chi connectivity index (χ2v) is 6.88. The van der Waals surface area contributed by atoms with E-state index in [0.717, 1.165) is 37.8 Å². The van der Waals surface area contributed by atoms with Crippen molar-refractivity contribution in [2.75, 3.05) is 0 Å². The van der Waals surface area contributed by atoms with Crippen molar-refractivity contribution in [1.82, 2.24) is 0 Å². The van der Waals surface area contributed by atoms with E-state index in [0.29, 0.717) is 11.5 Å². The molecule has 0 aromatic heterocycles. The van der Waals surface area contributed by atoms with Crippen LogP contribution in [0.3, 0.4) is 0 Å². The highest BCUT2D eigenvalue weighted by atomic mass is 19.1. The van der Waals surface area contributed by atoms with Crippen molar-refractivity contribution >= 4 is 0 Å². The maximum absolute atomic E-state index is 14.5. The average molecular weight is 336 g/mol. The van der Waals surface area contributed by atoms with Crippen LogP contribution in [0.4, 0.5) is 17.6 Å². The first-order valence-electron chi connectivity index (χ1n) is 8.31. The molecule has 2 aromatic carbocycles. The van der Waals surface area contributed by atoms with Crippen LogP contribution in [0.1, 0.15) is 49.7 Å². The zero-order valence-corrected chi connectivity index (χ0v) is 13.8. The van der Waals surface area contributed by atoms with E-state index in [4.69, 9.17) is 0 Å². The molecule has 0 spiro atoms. The highest BCUT2D eigenvalue weighted by molar-refractivity contribution is 5.66. The van der Waals surface area contributed by atoms with Crippen LogP contribution in [-0.2, 0) is 0 Å². The van der Waals surface area contributed by atoms with E-state index in [9.17, 15) is 17.6 Å². The van der Waals surface area contributed by atoms with Gasteiger partial charge in [0.2, 0.25) is 0 Å². The van der Waals surface area contributed by atoms with Crippen molar-refractivity contribution in [2.24, 2.45) is 5.92 Å². The topological polar surface area (TPSA) is 0 Å². The van der Waals surface area contributed by atoms with Gasteiger partial charge in [-0.1, -0.05) is 19.8 Å². The van der Waals surface area contributed by atoms with Crippen molar-refractivity contribution in [2.45, 2.75) is 45.4 Å². The SMILES string of the molecule is Cc1c(F)cc(-c2c(F)cc(C3CCC(C)CC3)cc2F)cc1F. The van der Waals surface area contributed by atoms with Crippen LogP contribution < -0.4 is 0 Å². The van der Waals surface area contributed by atoms with E-state index in [-0.39, 0.29) is 22.6 Å². The third-order valence-electron chi connectivity index (χ3n) is 5.12. The van der Waals surface area contributed by atoms with Gasteiger partial charge in [0.1, 0.15) is 23.3 Å². The first-order valence-corrected chi connectivity index (χ1v) is 8.31. The Kier molecular flexibility index (Phi) is 4.66. The first-order chi connectivity index (χ1) is 11.4. The quantitative estimate of drug-likeness (QED) is 0.548. The van der Waals surface area contributed by atoms with Gasteiger partial charge in [-0.05, 0) is 67.0 Å². The Balaban J connectivity index is 1.99. The van der Waals surface area contributed by atoms with Crippen LogP contribution in [0.5, 0.6) is 0 Å². The molecule has 0 bridgehead atoms. The highest BCUT2D eigenvalue weighted by Gasteiger charge is 2.23. The summed E-state index contributed by atoms with van der Waals surface area (Å²) in [6, 6.07) is 4.58. The van der Waals surface area contributed by atoms with Crippen LogP contribution in [-0.4, -0.2) is 0 Å². The lowest BCUT2D eigenvalue weighted by Gasteiger charge is -2.26. The Morgan fingerprint density at radius 1 is 0.750 bits per heavy atom. The minimum absolute atomic E-state index is 0.116. The van der Waals surface area contributed by atoms with Crippen molar-refractivity contribution in [3.8, 4) is 11.1 Å². The smallest absolute Gasteiger partial charge is 0.134 e. The molecule has 0 radical (unpaired) electrons. The minimum Gasteiger partial charge on any atom is -0.207 e. The van der Waals surface area contributed by atoms with E-state index >= 15 is 0 Å². The van der Waals surface area contributed by atoms with Crippen LogP contribution in [0, 0.1) is 36.1 Å². The molecule has 0 heterocycles. The molecule has 0 unspecified atom stereocenters. The van der Waals surface area contributed by atoms with Gasteiger partial charge in [-0.25, -0.2) is 17.6 Å². The van der Waals surface area contributed by atoms with Crippen molar-refractivity contribution in [3.05, 3.63) is 58.7 Å². The lowest BCUT2D eigenvalue weighted by atomic mass is 9.79. The summed E-state index contributed by atoms with van der Waals surface area (Å²) in [5.41, 5.74) is -0.0173. The molecule has 1 aliphatic rings. The maximum atomic E-state index is 14.5. The van der Waals surface area contributed by atoms with Crippen LogP contribution in [0.15, 0.2) is 24.3 Å². The summed E-state index contributed by atoms with van der Waals surface area (Å²) >= 11 is 0. The van der Waals surface area contributed by atoms with E-state index in [2.05, 4.69) is 6.92 Å². The van der Waals surface area contributed by atoms with Crippen molar-refractivity contribution in [1.29, 1.82) is 0 Å². The Bertz CT molecular complexity index is 712. The Morgan fingerprint density at radius 2 is 1.25 bits per heavy atom. The molecule has 1 fully saturated rings. The first kappa shape index (κ1) is 17.0. The molecule has 0 nitrogen and oxygen atoms in total. The fourth-order valence-electron chi connectivity index (χ4n) is 3.49. The number of hydrogen-bond acceptors (Lipinski definition) is 0. The average Bonchev–Trinajstić information content (AvgIpc) is 2.52. The van der Waals surface area contributed by atoms with E-state index in [1.54, 1.807) is 0 Å². The van der Waals surface area contributed by atoms with Crippen LogP contribution >= 0.6 is 0 Å². The molecule has 0 N–H and O–H groups in total. The normalized spacial score (nSPS) is 21.1. The summed E-state index contributed by atoms with van der Waals surface area (Å²) in [6.07, 6.45) is 3.91. The molecular weight excluding hydrogens is 316 g/mol. The second kappa shape index (κ2) is 6.58. The molecule has 128 valence electrons. The van der Waals surface area contributed by atoms with Gasteiger partial charge < -0.3 is 0 Å². The number of halogens is 4. The van der Waals surface area contributed by atoms with Gasteiger partial charge in [-0.15, -0.1) is 0 Å². The lowest BCUT2D eigenvalue weighted by molar-refractivity contribution is 0.346. The van der Waals surface area contributed by atoms with E-state index in [1.807, 2.05) is 0 Å².